The van der Waals surface area contributed by atoms with Gasteiger partial charge in [-0.15, -0.1) is 0 Å². The Balaban J connectivity index is 2.10. The molecular weight excluding hydrogens is 240 g/mol. The minimum absolute atomic E-state index is 0.693. The molecule has 0 fully saturated rings. The van der Waals surface area contributed by atoms with E-state index in [9.17, 15) is 0 Å². The van der Waals surface area contributed by atoms with E-state index in [4.69, 9.17) is 0 Å². The third kappa shape index (κ3) is 3.16. The van der Waals surface area contributed by atoms with E-state index in [0.717, 1.165) is 24.3 Å². The van der Waals surface area contributed by atoms with E-state index in [0.29, 0.717) is 5.25 Å². The van der Waals surface area contributed by atoms with Crippen LogP contribution >= 0.6 is 11.8 Å². The van der Waals surface area contributed by atoms with Crippen molar-refractivity contribution < 1.29 is 0 Å². The van der Waals surface area contributed by atoms with Crippen molar-refractivity contribution in [2.45, 2.75) is 25.5 Å². The molecule has 0 amide bonds. The van der Waals surface area contributed by atoms with Gasteiger partial charge in [-0.3, -0.25) is 0 Å². The highest BCUT2D eigenvalue weighted by Crippen LogP contribution is 2.19. The Labute approximate surface area is 113 Å². The Hall–Kier alpha value is -1.22. The standard InChI is InChI=1S/C15H20N2S/c1-11-10-13-6-4-5-7-14(13)17-15(11)16-9-8-12(2)18-3/h4-7,10,12H,8-9H2,1-3H3,(H,16,17). The highest BCUT2D eigenvalue weighted by atomic mass is 32.2. The van der Waals surface area contributed by atoms with Gasteiger partial charge >= 0.3 is 0 Å². The molecule has 1 atom stereocenters. The van der Waals surface area contributed by atoms with E-state index >= 15 is 0 Å². The van der Waals surface area contributed by atoms with Crippen LogP contribution in [0.5, 0.6) is 0 Å². The van der Waals surface area contributed by atoms with Crippen LogP contribution in [0, 0.1) is 6.92 Å². The van der Waals surface area contributed by atoms with E-state index in [1.165, 1.54) is 10.9 Å². The van der Waals surface area contributed by atoms with Gasteiger partial charge in [0.2, 0.25) is 0 Å². The van der Waals surface area contributed by atoms with E-state index < -0.39 is 0 Å². The Kier molecular flexibility index (Phi) is 4.48. The van der Waals surface area contributed by atoms with E-state index in [2.05, 4.69) is 54.7 Å². The first kappa shape index (κ1) is 13.2. The predicted octanol–water partition coefficient (Wildman–Crippen LogP) is 4.10. The van der Waals surface area contributed by atoms with Crippen LogP contribution in [0.3, 0.4) is 0 Å². The molecule has 1 aromatic carbocycles. The lowest BCUT2D eigenvalue weighted by Gasteiger charge is -2.12. The molecule has 2 aromatic rings. The van der Waals surface area contributed by atoms with E-state index in [1.807, 2.05) is 17.8 Å². The molecule has 0 saturated heterocycles. The van der Waals surface area contributed by atoms with Crippen LogP contribution in [0.25, 0.3) is 10.9 Å². The molecule has 0 saturated carbocycles. The quantitative estimate of drug-likeness (QED) is 0.876. The summed E-state index contributed by atoms with van der Waals surface area (Å²) in [7, 11) is 0. The van der Waals surface area contributed by atoms with Gasteiger partial charge in [-0.2, -0.15) is 11.8 Å². The summed E-state index contributed by atoms with van der Waals surface area (Å²) in [5, 5.41) is 5.35. The summed E-state index contributed by atoms with van der Waals surface area (Å²) in [5.74, 6) is 1.02. The van der Waals surface area contributed by atoms with Crippen molar-refractivity contribution in [2.24, 2.45) is 0 Å². The van der Waals surface area contributed by atoms with Crippen molar-refractivity contribution in [3.8, 4) is 0 Å². The molecule has 2 rings (SSSR count). The van der Waals surface area contributed by atoms with Crippen LogP contribution in [0.4, 0.5) is 5.82 Å². The number of aromatic nitrogens is 1. The first-order valence-corrected chi connectivity index (χ1v) is 7.62. The minimum atomic E-state index is 0.693. The molecule has 2 nitrogen and oxygen atoms in total. The maximum atomic E-state index is 4.68. The smallest absolute Gasteiger partial charge is 0.129 e. The fourth-order valence-corrected chi connectivity index (χ4v) is 2.27. The molecule has 3 heteroatoms. The van der Waals surface area contributed by atoms with Crippen LogP contribution in [-0.4, -0.2) is 23.0 Å². The van der Waals surface area contributed by atoms with Crippen LogP contribution in [0.15, 0.2) is 30.3 Å². The second kappa shape index (κ2) is 6.10. The Bertz CT molecular complexity index is 525. The Morgan fingerprint density at radius 3 is 2.89 bits per heavy atom. The molecule has 0 aliphatic rings. The maximum Gasteiger partial charge on any atom is 0.129 e. The van der Waals surface area contributed by atoms with E-state index in [1.54, 1.807) is 0 Å². The third-order valence-corrected chi connectivity index (χ3v) is 4.20. The van der Waals surface area contributed by atoms with Crippen LogP contribution in [0.1, 0.15) is 18.9 Å². The number of pyridine rings is 1. The van der Waals surface area contributed by atoms with Crippen molar-refractivity contribution in [2.75, 3.05) is 18.1 Å². The van der Waals surface area contributed by atoms with Gasteiger partial charge in [-0.25, -0.2) is 4.98 Å². The minimum Gasteiger partial charge on any atom is -0.370 e. The molecule has 1 aromatic heterocycles. The van der Waals surface area contributed by atoms with Gasteiger partial charge in [0.1, 0.15) is 5.82 Å². The van der Waals surface area contributed by atoms with Crippen molar-refractivity contribution in [1.29, 1.82) is 0 Å². The SMILES string of the molecule is CSC(C)CCNc1nc2ccccc2cc1C. The van der Waals surface area contributed by atoms with Gasteiger partial charge in [0.15, 0.2) is 0 Å². The lowest BCUT2D eigenvalue weighted by atomic mass is 10.1. The zero-order valence-corrected chi connectivity index (χ0v) is 12.1. The summed E-state index contributed by atoms with van der Waals surface area (Å²) >= 11 is 1.91. The number of aryl methyl sites for hydroxylation is 1. The molecule has 0 spiro atoms. The number of benzene rings is 1. The second-order valence-electron chi connectivity index (χ2n) is 4.61. The molecule has 0 radical (unpaired) electrons. The number of para-hydroxylation sites is 1. The van der Waals surface area contributed by atoms with Crippen molar-refractivity contribution in [3.05, 3.63) is 35.9 Å². The number of rotatable bonds is 5. The molecule has 1 N–H and O–H groups in total. The predicted molar refractivity (Wildman–Crippen MR) is 82.6 cm³/mol. The molecule has 18 heavy (non-hydrogen) atoms. The third-order valence-electron chi connectivity index (χ3n) is 3.16. The summed E-state index contributed by atoms with van der Waals surface area (Å²) in [4.78, 5) is 4.68. The van der Waals surface area contributed by atoms with E-state index in [-0.39, 0.29) is 0 Å². The van der Waals surface area contributed by atoms with Gasteiger partial charge in [0, 0.05) is 17.2 Å². The highest BCUT2D eigenvalue weighted by Gasteiger charge is 2.04. The normalized spacial score (nSPS) is 12.6. The number of nitrogens with zero attached hydrogens (tertiary/aromatic N) is 1. The van der Waals surface area contributed by atoms with Crippen molar-refractivity contribution >= 4 is 28.5 Å². The van der Waals surface area contributed by atoms with Gasteiger partial charge in [0.25, 0.3) is 0 Å². The maximum absolute atomic E-state index is 4.68. The fraction of sp³-hybridized carbons (Fsp3) is 0.400. The Morgan fingerprint density at radius 1 is 1.33 bits per heavy atom. The lowest BCUT2D eigenvalue weighted by Crippen LogP contribution is -2.09. The molecule has 0 aliphatic carbocycles. The Morgan fingerprint density at radius 2 is 2.11 bits per heavy atom. The van der Waals surface area contributed by atoms with Crippen molar-refractivity contribution in [1.82, 2.24) is 4.98 Å². The molecule has 0 aliphatic heterocycles. The molecule has 1 unspecified atom stereocenters. The van der Waals surface area contributed by atoms with Gasteiger partial charge < -0.3 is 5.32 Å². The second-order valence-corrected chi connectivity index (χ2v) is 5.88. The molecule has 1 heterocycles. The zero-order chi connectivity index (χ0) is 13.0. The lowest BCUT2D eigenvalue weighted by molar-refractivity contribution is 0.850. The topological polar surface area (TPSA) is 24.9 Å². The summed E-state index contributed by atoms with van der Waals surface area (Å²) in [6, 6.07) is 10.4. The summed E-state index contributed by atoms with van der Waals surface area (Å²) in [6.45, 7) is 5.35. The number of hydrogen-bond acceptors (Lipinski definition) is 3. The first-order chi connectivity index (χ1) is 8.70. The number of anilines is 1. The number of nitrogens with one attached hydrogen (secondary N) is 1. The van der Waals surface area contributed by atoms with Crippen LogP contribution < -0.4 is 5.32 Å². The highest BCUT2D eigenvalue weighted by molar-refractivity contribution is 7.99. The number of hydrogen-bond donors (Lipinski definition) is 1. The molecular formula is C15H20N2S. The largest absolute Gasteiger partial charge is 0.370 e. The summed E-state index contributed by atoms with van der Waals surface area (Å²) < 4.78 is 0. The van der Waals surface area contributed by atoms with Crippen molar-refractivity contribution in [3.63, 3.8) is 0 Å². The summed E-state index contributed by atoms with van der Waals surface area (Å²) in [5.41, 5.74) is 2.27. The van der Waals surface area contributed by atoms with Gasteiger partial charge in [0.05, 0.1) is 5.52 Å². The first-order valence-electron chi connectivity index (χ1n) is 6.34. The zero-order valence-electron chi connectivity index (χ0n) is 11.2. The van der Waals surface area contributed by atoms with Crippen LogP contribution in [-0.2, 0) is 0 Å². The fourth-order valence-electron chi connectivity index (χ4n) is 1.91. The average Bonchev–Trinajstić information content (AvgIpc) is 2.39. The van der Waals surface area contributed by atoms with Crippen LogP contribution in [0.2, 0.25) is 0 Å². The summed E-state index contributed by atoms with van der Waals surface area (Å²) in [6.07, 6.45) is 3.32. The van der Waals surface area contributed by atoms with Gasteiger partial charge in [-0.05, 0) is 37.3 Å². The number of fused-ring (bicyclic) bond motifs is 1. The molecule has 0 bridgehead atoms. The molecule has 96 valence electrons. The number of thioether (sulfide) groups is 1. The monoisotopic (exact) mass is 260 g/mol. The van der Waals surface area contributed by atoms with Gasteiger partial charge in [-0.1, -0.05) is 25.1 Å². The average molecular weight is 260 g/mol.